The highest BCUT2D eigenvalue weighted by atomic mass is 35.5. The first-order valence-electron chi connectivity index (χ1n) is 5.77. The van der Waals surface area contributed by atoms with Gasteiger partial charge in [0.1, 0.15) is 10.8 Å². The van der Waals surface area contributed by atoms with Gasteiger partial charge in [-0.25, -0.2) is 0 Å². The second-order valence-corrected chi connectivity index (χ2v) is 5.00. The van der Waals surface area contributed by atoms with Crippen LogP contribution in [0.4, 0.5) is 0 Å². The van der Waals surface area contributed by atoms with Crippen LogP contribution in [0.1, 0.15) is 12.0 Å². The molecular weight excluding hydrogens is 259 g/mol. The zero-order chi connectivity index (χ0) is 12.3. The molecule has 0 bridgehead atoms. The Morgan fingerprint density at radius 3 is 2.65 bits per heavy atom. The van der Waals surface area contributed by atoms with E-state index in [0.717, 1.165) is 18.7 Å². The molecule has 17 heavy (non-hydrogen) atoms. The summed E-state index contributed by atoms with van der Waals surface area (Å²) in [6.07, 6.45) is 1.32. The van der Waals surface area contributed by atoms with Gasteiger partial charge in [-0.1, -0.05) is 29.3 Å². The summed E-state index contributed by atoms with van der Waals surface area (Å²) in [5.74, 6) is 0.0287. The molecule has 1 heterocycles. The van der Waals surface area contributed by atoms with Crippen LogP contribution in [0.2, 0.25) is 10.0 Å². The van der Waals surface area contributed by atoms with Crippen molar-refractivity contribution in [2.24, 2.45) is 0 Å². The number of rotatable bonds is 5. The van der Waals surface area contributed by atoms with Crippen LogP contribution in [-0.2, 0) is 6.54 Å². The Morgan fingerprint density at radius 1 is 1.24 bits per heavy atom. The molecule has 0 amide bonds. The molecule has 5 heteroatoms. The predicted octanol–water partition coefficient (Wildman–Crippen LogP) is 2.49. The van der Waals surface area contributed by atoms with Gasteiger partial charge >= 0.3 is 0 Å². The predicted molar refractivity (Wildman–Crippen MR) is 70.9 cm³/mol. The minimum atomic E-state index is 0.0287. The molecule has 2 N–H and O–H groups in total. The van der Waals surface area contributed by atoms with E-state index in [9.17, 15) is 5.11 Å². The van der Waals surface area contributed by atoms with Gasteiger partial charge in [0.05, 0.1) is 5.02 Å². The second kappa shape index (κ2) is 5.91. The third-order valence-corrected chi connectivity index (χ3v) is 3.92. The number of phenolic OH excluding ortho intramolecular Hbond substituents is 1. The van der Waals surface area contributed by atoms with Crippen molar-refractivity contribution < 1.29 is 5.11 Å². The van der Waals surface area contributed by atoms with Crippen LogP contribution in [0.25, 0.3) is 0 Å². The number of nitrogens with zero attached hydrogens (tertiary/aromatic N) is 1. The van der Waals surface area contributed by atoms with Crippen LogP contribution in [0.15, 0.2) is 12.1 Å². The average molecular weight is 275 g/mol. The van der Waals surface area contributed by atoms with E-state index in [0.29, 0.717) is 11.6 Å². The normalized spacial score (nSPS) is 15.9. The van der Waals surface area contributed by atoms with Gasteiger partial charge in [0.2, 0.25) is 0 Å². The number of hydrogen-bond acceptors (Lipinski definition) is 3. The van der Waals surface area contributed by atoms with Crippen LogP contribution in [0, 0.1) is 0 Å². The molecule has 0 aliphatic carbocycles. The zero-order valence-corrected chi connectivity index (χ0v) is 11.1. The van der Waals surface area contributed by atoms with E-state index in [-0.39, 0.29) is 10.8 Å². The molecule has 0 spiro atoms. The number of benzene rings is 1. The summed E-state index contributed by atoms with van der Waals surface area (Å²) >= 11 is 11.9. The van der Waals surface area contributed by atoms with E-state index in [1.807, 2.05) is 0 Å². The van der Waals surface area contributed by atoms with Gasteiger partial charge in [0.15, 0.2) is 0 Å². The van der Waals surface area contributed by atoms with Crippen molar-refractivity contribution in [3.05, 3.63) is 27.7 Å². The van der Waals surface area contributed by atoms with Gasteiger partial charge in [-0.2, -0.15) is 0 Å². The largest absolute Gasteiger partial charge is 0.506 e. The first-order chi connectivity index (χ1) is 8.18. The summed E-state index contributed by atoms with van der Waals surface area (Å²) in [5, 5.41) is 13.4. The van der Waals surface area contributed by atoms with Crippen molar-refractivity contribution >= 4 is 23.2 Å². The van der Waals surface area contributed by atoms with Crippen molar-refractivity contribution in [3.8, 4) is 5.75 Å². The Morgan fingerprint density at radius 2 is 2.00 bits per heavy atom. The molecule has 1 saturated heterocycles. The van der Waals surface area contributed by atoms with Crippen molar-refractivity contribution in [3.63, 3.8) is 0 Å². The summed E-state index contributed by atoms with van der Waals surface area (Å²) in [7, 11) is 0. The number of hydrogen-bond donors (Lipinski definition) is 2. The average Bonchev–Trinajstić information content (AvgIpc) is 2.26. The van der Waals surface area contributed by atoms with E-state index < -0.39 is 0 Å². The lowest BCUT2D eigenvalue weighted by Gasteiger charge is -2.30. The molecule has 0 saturated carbocycles. The molecular formula is C12H16Cl2N2O. The van der Waals surface area contributed by atoms with Gasteiger partial charge in [-0.15, -0.1) is 0 Å². The summed E-state index contributed by atoms with van der Waals surface area (Å²) in [4.78, 5) is 2.40. The fraction of sp³-hybridized carbons (Fsp3) is 0.500. The zero-order valence-electron chi connectivity index (χ0n) is 9.55. The molecule has 1 aliphatic heterocycles. The van der Waals surface area contributed by atoms with Crippen molar-refractivity contribution in [2.45, 2.75) is 13.0 Å². The Kier molecular flexibility index (Phi) is 4.51. The molecule has 3 nitrogen and oxygen atoms in total. The lowest BCUT2D eigenvalue weighted by molar-refractivity contribution is 0.182. The van der Waals surface area contributed by atoms with Crippen LogP contribution in [0.3, 0.4) is 0 Å². The van der Waals surface area contributed by atoms with Crippen LogP contribution in [-0.4, -0.2) is 36.2 Å². The van der Waals surface area contributed by atoms with Crippen LogP contribution in [0.5, 0.6) is 5.75 Å². The molecule has 1 aliphatic rings. The molecule has 1 aromatic carbocycles. The Bertz CT molecular complexity index is 394. The lowest BCUT2D eigenvalue weighted by atomic mass is 10.2. The first kappa shape index (κ1) is 13.0. The maximum absolute atomic E-state index is 9.36. The fourth-order valence-electron chi connectivity index (χ4n) is 1.78. The monoisotopic (exact) mass is 274 g/mol. The molecule has 1 fully saturated rings. The van der Waals surface area contributed by atoms with E-state index in [1.165, 1.54) is 19.5 Å². The molecule has 2 rings (SSSR count). The van der Waals surface area contributed by atoms with Gasteiger partial charge in [0, 0.05) is 19.6 Å². The number of halogens is 2. The maximum atomic E-state index is 9.36. The second-order valence-electron chi connectivity index (χ2n) is 4.24. The number of likely N-dealkylation sites (tertiary alicyclic amines) is 1. The minimum absolute atomic E-state index is 0.0287. The molecule has 0 unspecified atom stereocenters. The highest BCUT2D eigenvalue weighted by Gasteiger charge is 2.12. The number of aromatic hydroxyl groups is 1. The summed E-state index contributed by atoms with van der Waals surface area (Å²) in [6, 6.07) is 3.36. The van der Waals surface area contributed by atoms with Crippen LogP contribution >= 0.6 is 23.2 Å². The maximum Gasteiger partial charge on any atom is 0.135 e. The lowest BCUT2D eigenvalue weighted by Crippen LogP contribution is -2.41. The number of phenols is 1. The van der Waals surface area contributed by atoms with E-state index in [2.05, 4.69) is 10.2 Å². The van der Waals surface area contributed by atoms with Crippen LogP contribution < -0.4 is 5.32 Å². The number of nitrogens with one attached hydrogen (secondary N) is 1. The first-order valence-corrected chi connectivity index (χ1v) is 6.53. The molecule has 0 aromatic heterocycles. The van der Waals surface area contributed by atoms with E-state index >= 15 is 0 Å². The highest BCUT2D eigenvalue weighted by molar-refractivity contribution is 6.43. The van der Waals surface area contributed by atoms with E-state index in [1.54, 1.807) is 12.1 Å². The summed E-state index contributed by atoms with van der Waals surface area (Å²) in [5.41, 5.74) is 0.915. The minimum Gasteiger partial charge on any atom is -0.506 e. The van der Waals surface area contributed by atoms with Crippen molar-refractivity contribution in [1.29, 1.82) is 0 Å². The highest BCUT2D eigenvalue weighted by Crippen LogP contribution is 2.33. The van der Waals surface area contributed by atoms with Gasteiger partial charge in [0.25, 0.3) is 0 Å². The molecule has 0 atom stereocenters. The van der Waals surface area contributed by atoms with Gasteiger partial charge in [-0.3, -0.25) is 0 Å². The van der Waals surface area contributed by atoms with Gasteiger partial charge in [-0.05, 0) is 31.1 Å². The Labute approximate surface area is 111 Å². The Hall–Kier alpha value is -0.480. The molecule has 1 aromatic rings. The Balaban J connectivity index is 1.80. The quantitative estimate of drug-likeness (QED) is 0.810. The summed E-state index contributed by atoms with van der Waals surface area (Å²) in [6.45, 7) is 5.12. The third-order valence-electron chi connectivity index (χ3n) is 3.01. The smallest absolute Gasteiger partial charge is 0.135 e. The van der Waals surface area contributed by atoms with Crippen molar-refractivity contribution in [1.82, 2.24) is 10.2 Å². The third kappa shape index (κ3) is 3.26. The fourth-order valence-corrected chi connectivity index (χ4v) is 2.19. The van der Waals surface area contributed by atoms with Gasteiger partial charge < -0.3 is 15.3 Å². The van der Waals surface area contributed by atoms with Crippen molar-refractivity contribution in [2.75, 3.05) is 26.2 Å². The topological polar surface area (TPSA) is 35.5 Å². The molecule has 0 radical (unpaired) electrons. The van der Waals surface area contributed by atoms with E-state index in [4.69, 9.17) is 23.2 Å². The molecule has 94 valence electrons. The standard InChI is InChI=1S/C12H16Cl2N2O/c13-11-9(2-3-10(17)12(11)14)8-15-4-7-16-5-1-6-16/h2-3,15,17H,1,4-8H2. The SMILES string of the molecule is Oc1ccc(CNCCN2CCC2)c(Cl)c1Cl. The summed E-state index contributed by atoms with van der Waals surface area (Å²) < 4.78 is 0.